The molecule has 1 aromatic heterocycles. The van der Waals surface area contributed by atoms with Gasteiger partial charge < -0.3 is 19.5 Å². The maximum absolute atomic E-state index is 5.46. The summed E-state index contributed by atoms with van der Waals surface area (Å²) in [6.07, 6.45) is 2.02. The second-order valence-corrected chi connectivity index (χ2v) is 4.97. The molecule has 1 heterocycles. The largest absolute Gasteiger partial charge is 0.466 e. The van der Waals surface area contributed by atoms with Gasteiger partial charge in [-0.3, -0.25) is 0 Å². The first kappa shape index (κ1) is 16.3. The lowest BCUT2D eigenvalue weighted by molar-refractivity contribution is 0.0804. The van der Waals surface area contributed by atoms with Crippen molar-refractivity contribution >= 4 is 11.3 Å². The van der Waals surface area contributed by atoms with Crippen LogP contribution in [0.4, 0.5) is 0 Å². The molecule has 1 N–H and O–H groups in total. The van der Waals surface area contributed by atoms with Gasteiger partial charge in [-0.25, -0.2) is 0 Å². The highest BCUT2D eigenvalue weighted by Crippen LogP contribution is 2.17. The fourth-order valence-corrected chi connectivity index (χ4v) is 2.02. The minimum absolute atomic E-state index is 0.504. The van der Waals surface area contributed by atoms with Crippen molar-refractivity contribution in [3.05, 3.63) is 5.01 Å². The van der Waals surface area contributed by atoms with E-state index in [9.17, 15) is 0 Å². The lowest BCUT2D eigenvalue weighted by Crippen LogP contribution is -2.13. The minimum Gasteiger partial charge on any atom is -0.466 e. The Morgan fingerprint density at radius 2 is 2.05 bits per heavy atom. The van der Waals surface area contributed by atoms with E-state index in [1.165, 1.54) is 11.3 Å². The predicted octanol–water partition coefficient (Wildman–Crippen LogP) is 1.47. The summed E-state index contributed by atoms with van der Waals surface area (Å²) >= 11 is 1.47. The zero-order chi connectivity index (χ0) is 13.8. The summed E-state index contributed by atoms with van der Waals surface area (Å²) in [6.45, 7) is 6.36. The van der Waals surface area contributed by atoms with Gasteiger partial charge in [-0.05, 0) is 19.4 Å². The molecule has 0 unspecified atom stereocenters. The molecule has 1 rings (SSSR count). The van der Waals surface area contributed by atoms with Crippen LogP contribution in [0.25, 0.3) is 0 Å². The molecule has 0 aliphatic heterocycles. The first-order valence-corrected chi connectivity index (χ1v) is 7.41. The third kappa shape index (κ3) is 8.10. The second-order valence-electron chi connectivity index (χ2n) is 3.95. The molecule has 6 nitrogen and oxygen atoms in total. The van der Waals surface area contributed by atoms with Crippen molar-refractivity contribution in [3.63, 3.8) is 0 Å². The fraction of sp³-hybridized carbons (Fsp3) is 0.833. The molecule has 1 aromatic rings. The zero-order valence-corrected chi connectivity index (χ0v) is 12.5. The number of nitrogens with zero attached hydrogens (tertiary/aromatic N) is 2. The fourth-order valence-electron chi connectivity index (χ4n) is 1.34. The second kappa shape index (κ2) is 11.1. The average molecular weight is 289 g/mol. The van der Waals surface area contributed by atoms with Crippen LogP contribution in [0.1, 0.15) is 24.8 Å². The molecular weight excluding hydrogens is 266 g/mol. The van der Waals surface area contributed by atoms with Crippen molar-refractivity contribution in [2.45, 2.75) is 26.3 Å². The predicted molar refractivity (Wildman–Crippen MR) is 74.7 cm³/mol. The number of aromatic nitrogens is 2. The van der Waals surface area contributed by atoms with Gasteiger partial charge in [0.1, 0.15) is 11.6 Å². The molecule has 0 amide bonds. The first-order valence-electron chi connectivity index (χ1n) is 6.59. The molecule has 0 saturated carbocycles. The lowest BCUT2D eigenvalue weighted by Gasteiger charge is -2.03. The van der Waals surface area contributed by atoms with Crippen molar-refractivity contribution in [2.75, 3.05) is 40.1 Å². The maximum atomic E-state index is 5.46. The molecule has 19 heavy (non-hydrogen) atoms. The Labute approximate surface area is 118 Å². The monoisotopic (exact) mass is 289 g/mol. The first-order chi connectivity index (χ1) is 9.36. The van der Waals surface area contributed by atoms with E-state index in [2.05, 4.69) is 22.4 Å². The summed E-state index contributed by atoms with van der Waals surface area (Å²) in [7, 11) is 1.69. The summed E-state index contributed by atoms with van der Waals surface area (Å²) in [5, 5.41) is 12.9. The Morgan fingerprint density at radius 3 is 2.84 bits per heavy atom. The van der Waals surface area contributed by atoms with Crippen LogP contribution in [0.5, 0.6) is 5.19 Å². The standard InChI is InChI=1S/C12H23N3O3S/c1-3-5-13-10-11-14-15-12(19-11)18-9-8-17-7-4-6-16-2/h13H,3-10H2,1-2H3. The molecular formula is C12H23N3O3S. The van der Waals surface area contributed by atoms with Gasteiger partial charge in [0.05, 0.1) is 6.61 Å². The van der Waals surface area contributed by atoms with Crippen molar-refractivity contribution < 1.29 is 14.2 Å². The molecule has 0 spiro atoms. The number of rotatable bonds is 12. The van der Waals surface area contributed by atoms with Gasteiger partial charge in [0.25, 0.3) is 5.19 Å². The Hall–Kier alpha value is -0.760. The molecule has 0 radical (unpaired) electrons. The van der Waals surface area contributed by atoms with Crippen LogP contribution in [0.3, 0.4) is 0 Å². The Bertz CT molecular complexity index is 323. The molecule has 110 valence electrons. The maximum Gasteiger partial charge on any atom is 0.294 e. The normalized spacial score (nSPS) is 10.8. The third-order valence-corrected chi connectivity index (χ3v) is 3.08. The van der Waals surface area contributed by atoms with Crippen LogP contribution in [0.2, 0.25) is 0 Å². The summed E-state index contributed by atoms with van der Waals surface area (Å²) in [4.78, 5) is 0. The van der Waals surface area contributed by atoms with Crippen molar-refractivity contribution in [3.8, 4) is 5.19 Å². The van der Waals surface area contributed by atoms with Crippen molar-refractivity contribution in [2.24, 2.45) is 0 Å². The van der Waals surface area contributed by atoms with E-state index in [0.717, 1.165) is 37.5 Å². The van der Waals surface area contributed by atoms with Gasteiger partial charge in [0, 0.05) is 26.9 Å². The number of hydrogen-bond donors (Lipinski definition) is 1. The molecule has 0 atom stereocenters. The number of ether oxygens (including phenoxy) is 3. The summed E-state index contributed by atoms with van der Waals surface area (Å²) < 4.78 is 15.8. The number of hydrogen-bond acceptors (Lipinski definition) is 7. The van der Waals surface area contributed by atoms with Gasteiger partial charge in [-0.1, -0.05) is 18.3 Å². The van der Waals surface area contributed by atoms with Gasteiger partial charge in [0.2, 0.25) is 0 Å². The van der Waals surface area contributed by atoms with Crippen LogP contribution in [0.15, 0.2) is 0 Å². The summed E-state index contributed by atoms with van der Waals surface area (Å²) in [5.41, 5.74) is 0. The highest BCUT2D eigenvalue weighted by Gasteiger charge is 2.04. The summed E-state index contributed by atoms with van der Waals surface area (Å²) in [6, 6.07) is 0. The molecule has 0 bridgehead atoms. The molecule has 0 aromatic carbocycles. The van der Waals surface area contributed by atoms with E-state index in [1.807, 2.05) is 0 Å². The van der Waals surface area contributed by atoms with Gasteiger partial charge >= 0.3 is 0 Å². The van der Waals surface area contributed by atoms with Crippen LogP contribution in [-0.4, -0.2) is 50.3 Å². The van der Waals surface area contributed by atoms with Gasteiger partial charge in [0.15, 0.2) is 0 Å². The topological polar surface area (TPSA) is 65.5 Å². The van der Waals surface area contributed by atoms with E-state index in [0.29, 0.717) is 25.0 Å². The Morgan fingerprint density at radius 1 is 1.16 bits per heavy atom. The van der Waals surface area contributed by atoms with Crippen LogP contribution >= 0.6 is 11.3 Å². The lowest BCUT2D eigenvalue weighted by atomic mass is 10.5. The molecule has 0 fully saturated rings. The van der Waals surface area contributed by atoms with Crippen LogP contribution in [-0.2, 0) is 16.0 Å². The number of nitrogens with one attached hydrogen (secondary N) is 1. The van der Waals surface area contributed by atoms with E-state index < -0.39 is 0 Å². The number of methoxy groups -OCH3 is 1. The summed E-state index contributed by atoms with van der Waals surface area (Å²) in [5.74, 6) is 0. The Kier molecular flexibility index (Phi) is 9.52. The minimum atomic E-state index is 0.504. The van der Waals surface area contributed by atoms with Crippen molar-refractivity contribution in [1.82, 2.24) is 15.5 Å². The van der Waals surface area contributed by atoms with Crippen LogP contribution < -0.4 is 10.1 Å². The quantitative estimate of drug-likeness (QED) is 0.588. The van der Waals surface area contributed by atoms with E-state index >= 15 is 0 Å². The van der Waals surface area contributed by atoms with Gasteiger partial charge in [-0.2, -0.15) is 0 Å². The van der Waals surface area contributed by atoms with E-state index in [-0.39, 0.29) is 0 Å². The highest BCUT2D eigenvalue weighted by atomic mass is 32.1. The molecule has 7 heteroatoms. The smallest absolute Gasteiger partial charge is 0.294 e. The van der Waals surface area contributed by atoms with Crippen LogP contribution in [0, 0.1) is 0 Å². The van der Waals surface area contributed by atoms with E-state index in [4.69, 9.17) is 14.2 Å². The Balaban J connectivity index is 2.03. The third-order valence-electron chi connectivity index (χ3n) is 2.24. The molecule has 0 saturated heterocycles. The van der Waals surface area contributed by atoms with Crippen molar-refractivity contribution in [1.29, 1.82) is 0 Å². The van der Waals surface area contributed by atoms with E-state index in [1.54, 1.807) is 7.11 Å². The molecule has 0 aliphatic rings. The molecule has 0 aliphatic carbocycles. The average Bonchev–Trinajstić information content (AvgIpc) is 2.86. The van der Waals surface area contributed by atoms with Gasteiger partial charge in [-0.15, -0.1) is 10.2 Å². The highest BCUT2D eigenvalue weighted by molar-refractivity contribution is 7.13. The zero-order valence-electron chi connectivity index (χ0n) is 11.7. The SMILES string of the molecule is CCCNCc1nnc(OCCOCCCOC)s1.